The van der Waals surface area contributed by atoms with Gasteiger partial charge in [-0.25, -0.2) is 13.8 Å². The second kappa shape index (κ2) is 6.55. The number of alkyl halides is 2. The largest absolute Gasteiger partial charge is 0.370 e. The molecule has 1 amide bonds. The van der Waals surface area contributed by atoms with Gasteiger partial charge >= 0.3 is 0 Å². The van der Waals surface area contributed by atoms with Gasteiger partial charge < -0.3 is 14.6 Å². The number of imidazole rings is 1. The van der Waals surface area contributed by atoms with E-state index in [0.717, 1.165) is 18.7 Å². The molecule has 0 aromatic carbocycles. The van der Waals surface area contributed by atoms with Gasteiger partial charge in [0.1, 0.15) is 11.9 Å². The zero-order valence-corrected chi connectivity index (χ0v) is 13.3. The summed E-state index contributed by atoms with van der Waals surface area (Å²) >= 11 is 0. The molecule has 128 valence electrons. The Morgan fingerprint density at radius 1 is 1.52 bits per heavy atom. The van der Waals surface area contributed by atoms with Crippen LogP contribution in [0.1, 0.15) is 44.0 Å². The molecule has 0 bridgehead atoms. The Bertz CT molecular complexity index is 553. The third kappa shape index (κ3) is 3.88. The minimum atomic E-state index is -2.56. The molecule has 1 N–H and O–H groups in total. The topological polar surface area (TPSA) is 56.1 Å². The zero-order valence-electron chi connectivity index (χ0n) is 13.3. The molecule has 1 saturated heterocycles. The van der Waals surface area contributed by atoms with Gasteiger partial charge in [0.2, 0.25) is 11.8 Å². The summed E-state index contributed by atoms with van der Waals surface area (Å²) in [6, 6.07) is 0. The molecule has 0 spiro atoms. The van der Waals surface area contributed by atoms with Crippen LogP contribution in [-0.4, -0.2) is 34.5 Å². The van der Waals surface area contributed by atoms with Crippen molar-refractivity contribution in [2.24, 2.45) is 18.9 Å². The molecule has 1 aliphatic carbocycles. The van der Waals surface area contributed by atoms with Crippen LogP contribution in [-0.2, 0) is 16.6 Å². The van der Waals surface area contributed by atoms with E-state index in [1.54, 1.807) is 6.20 Å². The zero-order chi connectivity index (χ0) is 16.4. The summed E-state index contributed by atoms with van der Waals surface area (Å²) in [7, 11) is 1.92. The number of hydrogen-bond acceptors (Lipinski definition) is 3. The van der Waals surface area contributed by atoms with Crippen molar-refractivity contribution in [3.63, 3.8) is 0 Å². The average molecular weight is 327 g/mol. The molecular formula is C16H23F2N3O2. The molecular weight excluding hydrogens is 304 g/mol. The summed E-state index contributed by atoms with van der Waals surface area (Å²) in [5.41, 5.74) is 0. The van der Waals surface area contributed by atoms with Crippen LogP contribution in [0.3, 0.4) is 0 Å². The highest BCUT2D eigenvalue weighted by molar-refractivity contribution is 5.76. The normalized spacial score (nSPS) is 27.4. The first-order chi connectivity index (χ1) is 10.9. The molecule has 7 heteroatoms. The fourth-order valence-electron chi connectivity index (χ4n) is 3.50. The van der Waals surface area contributed by atoms with Crippen molar-refractivity contribution in [3.8, 4) is 0 Å². The van der Waals surface area contributed by atoms with Gasteiger partial charge in [0, 0.05) is 57.8 Å². The van der Waals surface area contributed by atoms with E-state index in [2.05, 4.69) is 10.3 Å². The first kappa shape index (κ1) is 16.4. The maximum Gasteiger partial charge on any atom is 0.248 e. The molecule has 1 aliphatic heterocycles. The van der Waals surface area contributed by atoms with Crippen molar-refractivity contribution in [3.05, 3.63) is 18.2 Å². The number of carbonyl (C=O) groups is 1. The number of carbonyl (C=O) groups excluding carboxylic acids is 1. The van der Waals surface area contributed by atoms with E-state index in [1.165, 1.54) is 0 Å². The van der Waals surface area contributed by atoms with Crippen molar-refractivity contribution < 1.29 is 18.3 Å². The van der Waals surface area contributed by atoms with Crippen LogP contribution in [0.15, 0.2) is 12.4 Å². The molecule has 3 rings (SSSR count). The second-order valence-corrected chi connectivity index (χ2v) is 6.73. The lowest BCUT2D eigenvalue weighted by Gasteiger charge is -2.35. The van der Waals surface area contributed by atoms with Gasteiger partial charge in [-0.05, 0) is 18.8 Å². The minimum Gasteiger partial charge on any atom is -0.370 e. The van der Waals surface area contributed by atoms with E-state index in [-0.39, 0.29) is 43.1 Å². The maximum atomic E-state index is 12.8. The monoisotopic (exact) mass is 327 g/mol. The lowest BCUT2D eigenvalue weighted by molar-refractivity contribution is -0.134. The number of aryl methyl sites for hydroxylation is 1. The van der Waals surface area contributed by atoms with Crippen LogP contribution in [0, 0.1) is 11.8 Å². The van der Waals surface area contributed by atoms with Crippen LogP contribution in [0.2, 0.25) is 0 Å². The number of nitrogens with zero attached hydrogens (tertiary/aromatic N) is 2. The van der Waals surface area contributed by atoms with Crippen molar-refractivity contribution >= 4 is 5.91 Å². The molecule has 2 heterocycles. The highest BCUT2D eigenvalue weighted by atomic mass is 19.3. The molecule has 2 aliphatic rings. The SMILES string of the molecule is Cn1ccnc1[C@@H]1OCCC[C@H]1CNC(=O)CC1CC(F)(F)C1. The van der Waals surface area contributed by atoms with Gasteiger partial charge in [0.05, 0.1) is 0 Å². The Balaban J connectivity index is 1.50. The summed E-state index contributed by atoms with van der Waals surface area (Å²) in [6.07, 6.45) is 5.26. The Morgan fingerprint density at radius 3 is 2.96 bits per heavy atom. The Morgan fingerprint density at radius 2 is 2.30 bits per heavy atom. The number of aromatic nitrogens is 2. The minimum absolute atomic E-state index is 0.128. The summed E-state index contributed by atoms with van der Waals surface area (Å²) in [4.78, 5) is 16.3. The van der Waals surface area contributed by atoms with E-state index in [9.17, 15) is 13.6 Å². The lowest BCUT2D eigenvalue weighted by atomic mass is 9.79. The van der Waals surface area contributed by atoms with Crippen LogP contribution in [0.25, 0.3) is 0 Å². The number of ether oxygens (including phenoxy) is 1. The van der Waals surface area contributed by atoms with Gasteiger partial charge in [-0.3, -0.25) is 4.79 Å². The average Bonchev–Trinajstić information content (AvgIpc) is 2.89. The van der Waals surface area contributed by atoms with E-state index >= 15 is 0 Å². The number of rotatable bonds is 5. The van der Waals surface area contributed by atoms with Crippen LogP contribution in [0.4, 0.5) is 8.78 Å². The van der Waals surface area contributed by atoms with Crippen molar-refractivity contribution in [2.75, 3.05) is 13.2 Å². The van der Waals surface area contributed by atoms with E-state index < -0.39 is 5.92 Å². The van der Waals surface area contributed by atoms with Crippen molar-refractivity contribution in [2.45, 2.75) is 44.1 Å². The van der Waals surface area contributed by atoms with Gasteiger partial charge in [0.15, 0.2) is 0 Å². The molecule has 2 fully saturated rings. The number of halogens is 2. The molecule has 5 nitrogen and oxygen atoms in total. The van der Waals surface area contributed by atoms with Gasteiger partial charge in [-0.15, -0.1) is 0 Å². The summed E-state index contributed by atoms with van der Waals surface area (Å²) in [5, 5.41) is 2.89. The van der Waals surface area contributed by atoms with Gasteiger partial charge in [0.25, 0.3) is 0 Å². The second-order valence-electron chi connectivity index (χ2n) is 6.73. The predicted molar refractivity (Wildman–Crippen MR) is 79.9 cm³/mol. The predicted octanol–water partition coefficient (Wildman–Crippen LogP) is 2.44. The fourth-order valence-corrected chi connectivity index (χ4v) is 3.50. The summed E-state index contributed by atoms with van der Waals surface area (Å²) in [6.45, 7) is 1.19. The van der Waals surface area contributed by atoms with Crippen LogP contribution < -0.4 is 5.32 Å². The fraction of sp³-hybridized carbons (Fsp3) is 0.750. The molecule has 23 heavy (non-hydrogen) atoms. The molecule has 2 atom stereocenters. The summed E-state index contributed by atoms with van der Waals surface area (Å²) in [5.74, 6) is -1.86. The Hall–Kier alpha value is -1.50. The first-order valence-corrected chi connectivity index (χ1v) is 8.18. The Labute approximate surface area is 134 Å². The van der Waals surface area contributed by atoms with Crippen molar-refractivity contribution in [1.29, 1.82) is 0 Å². The quantitative estimate of drug-likeness (QED) is 0.904. The number of hydrogen-bond donors (Lipinski definition) is 1. The molecule has 1 aromatic rings. The van der Waals surface area contributed by atoms with Crippen molar-refractivity contribution in [1.82, 2.24) is 14.9 Å². The van der Waals surface area contributed by atoms with Crippen LogP contribution >= 0.6 is 0 Å². The van der Waals surface area contributed by atoms with Gasteiger partial charge in [-0.1, -0.05) is 0 Å². The third-order valence-corrected chi connectivity index (χ3v) is 4.77. The smallest absolute Gasteiger partial charge is 0.248 e. The van der Waals surface area contributed by atoms with E-state index in [0.29, 0.717) is 13.2 Å². The Kier molecular flexibility index (Phi) is 4.66. The number of nitrogens with one attached hydrogen (secondary N) is 1. The highest BCUT2D eigenvalue weighted by Gasteiger charge is 2.45. The van der Waals surface area contributed by atoms with E-state index in [4.69, 9.17) is 4.74 Å². The molecule has 1 aromatic heterocycles. The summed E-state index contributed by atoms with van der Waals surface area (Å²) < 4.78 is 33.4. The van der Waals surface area contributed by atoms with E-state index in [1.807, 2.05) is 17.8 Å². The van der Waals surface area contributed by atoms with Crippen LogP contribution in [0.5, 0.6) is 0 Å². The number of amides is 1. The first-order valence-electron chi connectivity index (χ1n) is 8.18. The lowest BCUT2D eigenvalue weighted by Crippen LogP contribution is -2.40. The standard InChI is InChI=1S/C16H23F2N3O2/c1-21-5-4-19-15(21)14-12(3-2-6-23-14)10-20-13(22)7-11-8-16(17,18)9-11/h4-5,11-12,14H,2-3,6-10H2,1H3,(H,20,22)/t12-,14+/m0/s1. The maximum absolute atomic E-state index is 12.8. The molecule has 0 unspecified atom stereocenters. The van der Waals surface area contributed by atoms with Gasteiger partial charge in [-0.2, -0.15) is 0 Å². The molecule has 1 saturated carbocycles. The molecule has 0 radical (unpaired) electrons. The highest BCUT2D eigenvalue weighted by Crippen LogP contribution is 2.44. The third-order valence-electron chi connectivity index (χ3n) is 4.77.